The van der Waals surface area contributed by atoms with Crippen LogP contribution in [-0.4, -0.2) is 6.29 Å². The van der Waals surface area contributed by atoms with Gasteiger partial charge in [0.05, 0.1) is 6.26 Å². The Morgan fingerprint density at radius 1 is 0.810 bits per heavy atom. The highest BCUT2D eigenvalue weighted by molar-refractivity contribution is 6.12. The van der Waals surface area contributed by atoms with Crippen LogP contribution in [0.2, 0.25) is 0 Å². The molecular weight excluding hydrogens is 260 g/mol. The van der Waals surface area contributed by atoms with E-state index >= 15 is 0 Å². The molecule has 0 amide bonds. The van der Waals surface area contributed by atoms with Gasteiger partial charge in [0.1, 0.15) is 0 Å². The molecule has 4 aromatic rings. The molecule has 0 spiro atoms. The molecule has 4 rings (SSSR count). The molecule has 2 heteroatoms. The summed E-state index contributed by atoms with van der Waals surface area (Å²) in [6.07, 6.45) is 2.38. The molecular formula is C19H12O2. The highest BCUT2D eigenvalue weighted by atomic mass is 16.3. The highest BCUT2D eigenvalue weighted by Crippen LogP contribution is 2.36. The first-order chi connectivity index (χ1) is 10.4. The molecule has 0 radical (unpaired) electrons. The largest absolute Gasteiger partial charge is 0.461 e. The maximum absolute atomic E-state index is 10.9. The van der Waals surface area contributed by atoms with E-state index in [1.54, 1.807) is 12.3 Å². The molecule has 0 aliphatic heterocycles. The minimum absolute atomic E-state index is 0.349. The maximum Gasteiger partial charge on any atom is 0.185 e. The molecule has 0 atom stereocenters. The number of furan rings is 1. The summed E-state index contributed by atoms with van der Waals surface area (Å²) in [6, 6.07) is 20.5. The fourth-order valence-electron chi connectivity index (χ4n) is 2.87. The Hall–Kier alpha value is -2.87. The van der Waals surface area contributed by atoms with Crippen molar-refractivity contribution in [3.05, 3.63) is 72.7 Å². The normalized spacial score (nSPS) is 11.0. The van der Waals surface area contributed by atoms with Gasteiger partial charge in [0.2, 0.25) is 0 Å². The standard InChI is InChI=1S/C19H12O2/c20-11-16-10-15(12-21-16)19-17-7-3-1-5-13(17)9-14-6-2-4-8-18(14)19/h1-12H. The average molecular weight is 272 g/mol. The molecule has 0 fully saturated rings. The minimum Gasteiger partial charge on any atom is -0.461 e. The van der Waals surface area contributed by atoms with Gasteiger partial charge in [0, 0.05) is 11.1 Å². The van der Waals surface area contributed by atoms with Gasteiger partial charge < -0.3 is 4.42 Å². The minimum atomic E-state index is 0.349. The smallest absolute Gasteiger partial charge is 0.185 e. The molecule has 1 heterocycles. The number of carbonyl (C=O) groups is 1. The summed E-state index contributed by atoms with van der Waals surface area (Å²) in [5.74, 6) is 0.349. The van der Waals surface area contributed by atoms with Crippen molar-refractivity contribution in [2.45, 2.75) is 0 Å². The Kier molecular flexibility index (Phi) is 2.61. The second-order valence-corrected chi connectivity index (χ2v) is 5.05. The topological polar surface area (TPSA) is 30.2 Å². The van der Waals surface area contributed by atoms with E-state index in [1.807, 2.05) is 24.3 Å². The van der Waals surface area contributed by atoms with Crippen molar-refractivity contribution in [3.8, 4) is 11.1 Å². The van der Waals surface area contributed by atoms with Gasteiger partial charge in [-0.3, -0.25) is 4.79 Å². The first-order valence-electron chi connectivity index (χ1n) is 6.81. The third-order valence-electron chi connectivity index (χ3n) is 3.80. The number of hydrogen-bond donors (Lipinski definition) is 0. The van der Waals surface area contributed by atoms with Crippen molar-refractivity contribution in [3.63, 3.8) is 0 Å². The Labute approximate surface area is 121 Å². The lowest BCUT2D eigenvalue weighted by atomic mass is 9.93. The van der Waals surface area contributed by atoms with E-state index in [0.29, 0.717) is 5.76 Å². The molecule has 2 nitrogen and oxygen atoms in total. The number of aldehydes is 1. The average Bonchev–Trinajstić information content (AvgIpc) is 3.01. The molecule has 100 valence electrons. The van der Waals surface area contributed by atoms with Crippen molar-refractivity contribution in [2.75, 3.05) is 0 Å². The second-order valence-electron chi connectivity index (χ2n) is 5.05. The van der Waals surface area contributed by atoms with Gasteiger partial charge in [0.15, 0.2) is 12.0 Å². The summed E-state index contributed by atoms with van der Waals surface area (Å²) < 4.78 is 5.30. The van der Waals surface area contributed by atoms with Gasteiger partial charge in [0.25, 0.3) is 0 Å². The van der Waals surface area contributed by atoms with E-state index in [2.05, 4.69) is 30.3 Å². The van der Waals surface area contributed by atoms with E-state index in [0.717, 1.165) is 28.2 Å². The summed E-state index contributed by atoms with van der Waals surface area (Å²) >= 11 is 0. The maximum atomic E-state index is 10.9. The number of fused-ring (bicyclic) bond motifs is 2. The van der Waals surface area contributed by atoms with E-state index in [4.69, 9.17) is 4.42 Å². The zero-order valence-electron chi connectivity index (χ0n) is 11.2. The molecule has 1 aromatic heterocycles. The van der Waals surface area contributed by atoms with E-state index in [1.165, 1.54) is 10.8 Å². The van der Waals surface area contributed by atoms with Gasteiger partial charge in [-0.1, -0.05) is 48.5 Å². The summed E-state index contributed by atoms with van der Waals surface area (Å²) in [5, 5.41) is 4.68. The fraction of sp³-hybridized carbons (Fsp3) is 0. The zero-order chi connectivity index (χ0) is 14.2. The van der Waals surface area contributed by atoms with E-state index < -0.39 is 0 Å². The lowest BCUT2D eigenvalue weighted by Crippen LogP contribution is -1.83. The Morgan fingerprint density at radius 2 is 1.43 bits per heavy atom. The summed E-state index contributed by atoms with van der Waals surface area (Å²) in [6.45, 7) is 0. The Bertz CT molecular complexity index is 910. The number of rotatable bonds is 2. The SMILES string of the molecule is O=Cc1cc(-c2c3ccccc3cc3ccccc23)co1. The van der Waals surface area contributed by atoms with Crippen LogP contribution in [0.3, 0.4) is 0 Å². The van der Waals surface area contributed by atoms with Gasteiger partial charge in [-0.2, -0.15) is 0 Å². The first kappa shape index (κ1) is 11.9. The monoisotopic (exact) mass is 272 g/mol. The summed E-state index contributed by atoms with van der Waals surface area (Å²) in [4.78, 5) is 10.9. The molecule has 0 saturated carbocycles. The molecule has 0 N–H and O–H groups in total. The van der Waals surface area contributed by atoms with Crippen molar-refractivity contribution >= 4 is 27.8 Å². The lowest BCUT2D eigenvalue weighted by molar-refractivity contribution is 0.110. The molecule has 21 heavy (non-hydrogen) atoms. The zero-order valence-corrected chi connectivity index (χ0v) is 11.2. The van der Waals surface area contributed by atoms with Crippen LogP contribution in [0.5, 0.6) is 0 Å². The van der Waals surface area contributed by atoms with Gasteiger partial charge in [-0.15, -0.1) is 0 Å². The van der Waals surface area contributed by atoms with Crippen molar-refractivity contribution in [1.29, 1.82) is 0 Å². The Morgan fingerprint density at radius 3 is 2.00 bits per heavy atom. The number of carbonyl (C=O) groups excluding carboxylic acids is 1. The van der Waals surface area contributed by atoms with Crippen LogP contribution in [0.15, 0.2) is 71.3 Å². The first-order valence-corrected chi connectivity index (χ1v) is 6.81. The van der Waals surface area contributed by atoms with Gasteiger partial charge >= 0.3 is 0 Å². The quantitative estimate of drug-likeness (QED) is 0.377. The molecule has 0 saturated heterocycles. The van der Waals surface area contributed by atoms with E-state index in [9.17, 15) is 4.79 Å². The third-order valence-corrected chi connectivity index (χ3v) is 3.80. The lowest BCUT2D eigenvalue weighted by Gasteiger charge is -2.09. The van der Waals surface area contributed by atoms with Crippen molar-refractivity contribution in [1.82, 2.24) is 0 Å². The molecule has 0 aliphatic carbocycles. The van der Waals surface area contributed by atoms with Crippen molar-refractivity contribution < 1.29 is 9.21 Å². The fourth-order valence-corrected chi connectivity index (χ4v) is 2.87. The van der Waals surface area contributed by atoms with Gasteiger partial charge in [-0.05, 0) is 33.7 Å². The number of benzene rings is 3. The molecule has 0 aliphatic rings. The number of hydrogen-bond acceptors (Lipinski definition) is 2. The highest BCUT2D eigenvalue weighted by Gasteiger charge is 2.11. The van der Waals surface area contributed by atoms with Gasteiger partial charge in [-0.25, -0.2) is 0 Å². The predicted molar refractivity (Wildman–Crippen MR) is 84.5 cm³/mol. The van der Waals surface area contributed by atoms with E-state index in [-0.39, 0.29) is 0 Å². The summed E-state index contributed by atoms with van der Waals surface area (Å²) in [5.41, 5.74) is 2.05. The van der Waals surface area contributed by atoms with Crippen LogP contribution >= 0.6 is 0 Å². The predicted octanol–water partition coefficient (Wildman–Crippen LogP) is 5.07. The Balaban J connectivity index is 2.18. The van der Waals surface area contributed by atoms with Crippen LogP contribution in [0.4, 0.5) is 0 Å². The van der Waals surface area contributed by atoms with Crippen LogP contribution in [0, 0.1) is 0 Å². The molecule has 3 aromatic carbocycles. The molecule has 0 bridgehead atoms. The van der Waals surface area contributed by atoms with Crippen LogP contribution in [-0.2, 0) is 0 Å². The van der Waals surface area contributed by atoms with Crippen LogP contribution in [0.25, 0.3) is 32.7 Å². The summed E-state index contributed by atoms with van der Waals surface area (Å²) in [7, 11) is 0. The molecule has 0 unspecified atom stereocenters. The van der Waals surface area contributed by atoms with Crippen molar-refractivity contribution in [2.24, 2.45) is 0 Å². The second kappa shape index (κ2) is 4.60. The van der Waals surface area contributed by atoms with Crippen LogP contribution in [0.1, 0.15) is 10.6 Å². The van der Waals surface area contributed by atoms with Crippen LogP contribution < -0.4 is 0 Å². The third kappa shape index (κ3) is 1.84.